The van der Waals surface area contributed by atoms with Gasteiger partial charge in [0.2, 0.25) is 0 Å². The van der Waals surface area contributed by atoms with E-state index < -0.39 is 0 Å². The number of aliphatic imine (C=N–C) groups is 1. The van der Waals surface area contributed by atoms with Gasteiger partial charge in [-0.2, -0.15) is 5.26 Å². The van der Waals surface area contributed by atoms with E-state index in [9.17, 15) is 4.39 Å². The number of nitriles is 1. The van der Waals surface area contributed by atoms with Crippen LogP contribution in [-0.2, 0) is 0 Å². The first kappa shape index (κ1) is 15.5. The highest BCUT2D eigenvalue weighted by molar-refractivity contribution is 6.31. The number of rotatable bonds is 2. The highest BCUT2D eigenvalue weighted by Gasteiger charge is 2.25. The number of halogens is 2. The number of nitrogens with zero attached hydrogens (tertiary/aromatic N) is 3. The summed E-state index contributed by atoms with van der Waals surface area (Å²) in [6.45, 7) is 0.431. The Morgan fingerprint density at radius 1 is 1.30 bits per heavy atom. The van der Waals surface area contributed by atoms with Crippen molar-refractivity contribution in [2.45, 2.75) is 12.5 Å². The molecule has 1 aliphatic rings. The van der Waals surface area contributed by atoms with Gasteiger partial charge in [-0.1, -0.05) is 23.7 Å². The molecule has 0 amide bonds. The van der Waals surface area contributed by atoms with E-state index in [4.69, 9.17) is 16.9 Å². The summed E-state index contributed by atoms with van der Waals surface area (Å²) in [5.41, 5.74) is 2.70. The van der Waals surface area contributed by atoms with Crippen molar-refractivity contribution in [1.82, 2.24) is 0 Å². The molecular formula is C18H15ClFN3. The smallest absolute Gasteiger partial charge is 0.132 e. The molecule has 0 saturated carbocycles. The Hall–Kier alpha value is -2.38. The van der Waals surface area contributed by atoms with Crippen molar-refractivity contribution in [3.63, 3.8) is 0 Å². The third-order valence-corrected chi connectivity index (χ3v) is 4.29. The molecule has 1 atom stereocenters. The van der Waals surface area contributed by atoms with Crippen LogP contribution >= 0.6 is 11.6 Å². The Balaban J connectivity index is 2.20. The molecule has 0 saturated heterocycles. The van der Waals surface area contributed by atoms with Gasteiger partial charge < -0.3 is 4.90 Å². The van der Waals surface area contributed by atoms with E-state index in [0.29, 0.717) is 29.3 Å². The maximum atomic E-state index is 14.3. The second kappa shape index (κ2) is 6.39. The van der Waals surface area contributed by atoms with Crippen LogP contribution in [-0.4, -0.2) is 25.3 Å². The first-order valence-corrected chi connectivity index (χ1v) is 7.68. The van der Waals surface area contributed by atoms with E-state index in [-0.39, 0.29) is 11.9 Å². The standard InChI is InChI=1S/C18H15ClFN3/c1-23-13(8-9-21)11-22-18(14-4-2-3-5-16(14)20)15-10-12(19)6-7-17(15)23/h2-7,10,13H,8,11H2,1H3. The lowest BCUT2D eigenvalue weighted by molar-refractivity contribution is 0.625. The number of likely N-dealkylation sites (N-methyl/N-ethyl adjacent to an activating group) is 1. The average molecular weight is 328 g/mol. The maximum absolute atomic E-state index is 14.3. The van der Waals surface area contributed by atoms with E-state index >= 15 is 0 Å². The molecule has 116 valence electrons. The molecule has 3 rings (SSSR count). The summed E-state index contributed by atoms with van der Waals surface area (Å²) in [6, 6.07) is 14.2. The molecule has 0 aromatic heterocycles. The fourth-order valence-corrected chi connectivity index (χ4v) is 2.97. The molecule has 0 fully saturated rings. The van der Waals surface area contributed by atoms with E-state index in [1.807, 2.05) is 18.0 Å². The molecule has 1 aliphatic heterocycles. The van der Waals surface area contributed by atoms with Gasteiger partial charge in [0.15, 0.2) is 0 Å². The van der Waals surface area contributed by atoms with Crippen molar-refractivity contribution in [3.8, 4) is 6.07 Å². The first-order chi connectivity index (χ1) is 11.1. The van der Waals surface area contributed by atoms with Crippen molar-refractivity contribution in [3.05, 3.63) is 64.4 Å². The van der Waals surface area contributed by atoms with Crippen LogP contribution in [0.25, 0.3) is 0 Å². The zero-order valence-electron chi connectivity index (χ0n) is 12.6. The molecule has 0 N–H and O–H groups in total. The first-order valence-electron chi connectivity index (χ1n) is 7.31. The normalized spacial score (nSPS) is 17.0. The number of hydrogen-bond acceptors (Lipinski definition) is 3. The molecule has 3 nitrogen and oxygen atoms in total. The Morgan fingerprint density at radius 3 is 2.83 bits per heavy atom. The third-order valence-electron chi connectivity index (χ3n) is 4.06. The molecule has 1 heterocycles. The molecule has 23 heavy (non-hydrogen) atoms. The zero-order valence-corrected chi connectivity index (χ0v) is 13.4. The zero-order chi connectivity index (χ0) is 16.4. The number of benzodiazepines with no additional fused rings is 1. The molecule has 0 aliphatic carbocycles. The van der Waals surface area contributed by atoms with Crippen molar-refractivity contribution < 1.29 is 4.39 Å². The molecule has 1 unspecified atom stereocenters. The van der Waals surface area contributed by atoms with Crippen molar-refractivity contribution in [2.24, 2.45) is 4.99 Å². The van der Waals surface area contributed by atoms with Gasteiger partial charge in [-0.3, -0.25) is 4.99 Å². The Kier molecular flexibility index (Phi) is 4.31. The lowest BCUT2D eigenvalue weighted by Gasteiger charge is -2.27. The topological polar surface area (TPSA) is 39.4 Å². The summed E-state index contributed by atoms with van der Waals surface area (Å²) < 4.78 is 14.3. The van der Waals surface area contributed by atoms with E-state index in [1.54, 1.807) is 30.3 Å². The number of benzene rings is 2. The average Bonchev–Trinajstić information content (AvgIpc) is 2.67. The van der Waals surface area contributed by atoms with Gasteiger partial charge in [-0.25, -0.2) is 4.39 Å². The van der Waals surface area contributed by atoms with Crippen LogP contribution < -0.4 is 4.90 Å². The minimum atomic E-state index is -0.321. The highest BCUT2D eigenvalue weighted by atomic mass is 35.5. The summed E-state index contributed by atoms with van der Waals surface area (Å²) in [5.74, 6) is -0.321. The van der Waals surface area contributed by atoms with Gasteiger partial charge in [0.1, 0.15) is 5.82 Å². The molecule has 0 radical (unpaired) electrons. The summed E-state index contributed by atoms with van der Waals surface area (Å²) in [4.78, 5) is 6.63. The second-order valence-corrected chi connectivity index (χ2v) is 5.89. The largest absolute Gasteiger partial charge is 0.368 e. The van der Waals surface area contributed by atoms with Crippen molar-refractivity contribution in [1.29, 1.82) is 5.26 Å². The van der Waals surface area contributed by atoms with Crippen LogP contribution in [0.3, 0.4) is 0 Å². The van der Waals surface area contributed by atoms with Crippen LogP contribution in [0.5, 0.6) is 0 Å². The van der Waals surface area contributed by atoms with Crippen LogP contribution in [0.15, 0.2) is 47.5 Å². The van der Waals surface area contributed by atoms with E-state index in [1.165, 1.54) is 6.07 Å². The number of anilines is 1. The monoisotopic (exact) mass is 327 g/mol. The Bertz CT molecular complexity index is 810. The second-order valence-electron chi connectivity index (χ2n) is 5.46. The summed E-state index contributed by atoms with van der Waals surface area (Å²) in [7, 11) is 1.93. The minimum Gasteiger partial charge on any atom is -0.368 e. The summed E-state index contributed by atoms with van der Waals surface area (Å²) in [6.07, 6.45) is 0.354. The molecule has 0 bridgehead atoms. The number of fused-ring (bicyclic) bond motifs is 1. The van der Waals surface area contributed by atoms with Gasteiger partial charge in [-0.15, -0.1) is 0 Å². The van der Waals surface area contributed by atoms with Crippen LogP contribution in [0.2, 0.25) is 5.02 Å². The molecule has 5 heteroatoms. The minimum absolute atomic E-state index is 0.0517. The van der Waals surface area contributed by atoms with Gasteiger partial charge >= 0.3 is 0 Å². The highest BCUT2D eigenvalue weighted by Crippen LogP contribution is 2.31. The maximum Gasteiger partial charge on any atom is 0.132 e. The van der Waals surface area contributed by atoms with Crippen LogP contribution in [0.4, 0.5) is 10.1 Å². The summed E-state index contributed by atoms with van der Waals surface area (Å²) >= 11 is 6.15. The number of hydrogen-bond donors (Lipinski definition) is 0. The van der Waals surface area contributed by atoms with Crippen molar-refractivity contribution in [2.75, 3.05) is 18.5 Å². The van der Waals surface area contributed by atoms with Gasteiger partial charge in [0, 0.05) is 28.9 Å². The Labute approximate surface area is 139 Å². The quantitative estimate of drug-likeness (QED) is 0.834. The molecular weight excluding hydrogens is 313 g/mol. The van der Waals surface area contributed by atoms with Crippen molar-refractivity contribution >= 4 is 23.0 Å². The predicted octanol–water partition coefficient (Wildman–Crippen LogP) is 4.05. The van der Waals surface area contributed by atoms with Gasteiger partial charge in [0.05, 0.1) is 30.8 Å². The molecule has 2 aromatic carbocycles. The van der Waals surface area contributed by atoms with Gasteiger partial charge in [0.25, 0.3) is 0 Å². The fraction of sp³-hybridized carbons (Fsp3) is 0.222. The SMILES string of the molecule is CN1c2ccc(Cl)cc2C(c2ccccc2F)=NCC1CC#N. The van der Waals surface area contributed by atoms with E-state index in [2.05, 4.69) is 11.1 Å². The fourth-order valence-electron chi connectivity index (χ4n) is 2.80. The van der Waals surface area contributed by atoms with Gasteiger partial charge in [-0.05, 0) is 30.3 Å². The van der Waals surface area contributed by atoms with Crippen LogP contribution in [0, 0.1) is 17.1 Å². The predicted molar refractivity (Wildman–Crippen MR) is 90.8 cm³/mol. The Morgan fingerprint density at radius 2 is 2.09 bits per heavy atom. The third kappa shape index (κ3) is 2.93. The lowest BCUT2D eigenvalue weighted by Crippen LogP contribution is -2.33. The van der Waals surface area contributed by atoms with Crippen LogP contribution in [0.1, 0.15) is 17.5 Å². The van der Waals surface area contributed by atoms with E-state index in [0.717, 1.165) is 11.3 Å². The molecule has 0 spiro atoms. The summed E-state index contributed by atoms with van der Waals surface area (Å²) in [5, 5.41) is 9.61. The molecule has 2 aromatic rings. The lowest BCUT2D eigenvalue weighted by atomic mass is 9.99.